The number of hydrogen-bond acceptors (Lipinski definition) is 4. The first-order valence-electron chi connectivity index (χ1n) is 7.18. The SMILES string of the molecule is O=C(CSc1ccc(-c2ccccc2)nn1)Nc1ccccc1. The van der Waals surface area contributed by atoms with Gasteiger partial charge in [0.05, 0.1) is 11.4 Å². The van der Waals surface area contributed by atoms with Crippen molar-refractivity contribution in [2.45, 2.75) is 5.03 Å². The van der Waals surface area contributed by atoms with Gasteiger partial charge in [-0.15, -0.1) is 10.2 Å². The fourth-order valence-electron chi connectivity index (χ4n) is 2.02. The summed E-state index contributed by atoms with van der Waals surface area (Å²) in [4.78, 5) is 11.9. The van der Waals surface area contributed by atoms with Gasteiger partial charge in [0, 0.05) is 11.3 Å². The molecule has 0 saturated carbocycles. The van der Waals surface area contributed by atoms with Gasteiger partial charge in [0.1, 0.15) is 5.03 Å². The van der Waals surface area contributed by atoms with E-state index in [2.05, 4.69) is 15.5 Å². The molecule has 3 aromatic rings. The van der Waals surface area contributed by atoms with Crippen LogP contribution < -0.4 is 5.32 Å². The van der Waals surface area contributed by atoms with E-state index in [1.54, 1.807) is 0 Å². The predicted molar refractivity (Wildman–Crippen MR) is 93.3 cm³/mol. The van der Waals surface area contributed by atoms with E-state index in [-0.39, 0.29) is 5.91 Å². The van der Waals surface area contributed by atoms with Gasteiger partial charge in [-0.2, -0.15) is 0 Å². The van der Waals surface area contributed by atoms with Gasteiger partial charge in [-0.25, -0.2) is 0 Å². The van der Waals surface area contributed by atoms with Crippen molar-refractivity contribution < 1.29 is 4.79 Å². The summed E-state index contributed by atoms with van der Waals surface area (Å²) in [5, 5.41) is 11.9. The van der Waals surface area contributed by atoms with Crippen LogP contribution in [0, 0.1) is 0 Å². The average Bonchev–Trinajstić information content (AvgIpc) is 2.62. The zero-order valence-electron chi connectivity index (χ0n) is 12.3. The van der Waals surface area contributed by atoms with Crippen molar-refractivity contribution in [3.05, 3.63) is 72.8 Å². The number of carbonyl (C=O) groups is 1. The Morgan fingerprint density at radius 3 is 2.22 bits per heavy atom. The van der Waals surface area contributed by atoms with E-state index in [9.17, 15) is 4.79 Å². The molecule has 1 N–H and O–H groups in total. The molecule has 23 heavy (non-hydrogen) atoms. The molecule has 0 unspecified atom stereocenters. The minimum atomic E-state index is -0.0601. The highest BCUT2D eigenvalue weighted by Crippen LogP contribution is 2.19. The van der Waals surface area contributed by atoms with E-state index in [1.165, 1.54) is 11.8 Å². The molecule has 114 valence electrons. The molecule has 3 rings (SSSR count). The lowest BCUT2D eigenvalue weighted by atomic mass is 10.1. The highest BCUT2D eigenvalue weighted by molar-refractivity contribution is 7.99. The van der Waals surface area contributed by atoms with Gasteiger partial charge < -0.3 is 5.32 Å². The molecule has 1 aromatic heterocycles. The van der Waals surface area contributed by atoms with Crippen LogP contribution in [0.5, 0.6) is 0 Å². The summed E-state index contributed by atoms with van der Waals surface area (Å²) in [6.07, 6.45) is 0. The Morgan fingerprint density at radius 2 is 1.57 bits per heavy atom. The summed E-state index contributed by atoms with van der Waals surface area (Å²) < 4.78 is 0. The number of aromatic nitrogens is 2. The van der Waals surface area contributed by atoms with Crippen LogP contribution in [0.4, 0.5) is 5.69 Å². The molecule has 0 aliphatic heterocycles. The Labute approximate surface area is 139 Å². The number of amides is 1. The summed E-state index contributed by atoms with van der Waals surface area (Å²) in [6.45, 7) is 0. The predicted octanol–water partition coefficient (Wildman–Crippen LogP) is 3.87. The van der Waals surface area contributed by atoms with E-state index in [4.69, 9.17) is 0 Å². The molecule has 0 spiro atoms. The Kier molecular flexibility index (Phi) is 5.01. The summed E-state index contributed by atoms with van der Waals surface area (Å²) in [5.74, 6) is 0.240. The highest BCUT2D eigenvalue weighted by Gasteiger charge is 2.06. The fraction of sp³-hybridized carbons (Fsp3) is 0.0556. The summed E-state index contributed by atoms with van der Waals surface area (Å²) in [7, 11) is 0. The second-order valence-electron chi connectivity index (χ2n) is 4.83. The summed E-state index contributed by atoms with van der Waals surface area (Å²) >= 11 is 1.37. The van der Waals surface area contributed by atoms with Crippen LogP contribution in [0.3, 0.4) is 0 Å². The molecular weight excluding hydrogens is 306 g/mol. The second kappa shape index (κ2) is 7.56. The lowest BCUT2D eigenvalue weighted by Crippen LogP contribution is -2.13. The van der Waals surface area contributed by atoms with Gasteiger partial charge >= 0.3 is 0 Å². The molecule has 0 aliphatic carbocycles. The Hall–Kier alpha value is -2.66. The molecule has 5 heteroatoms. The van der Waals surface area contributed by atoms with Crippen molar-refractivity contribution in [1.29, 1.82) is 0 Å². The number of para-hydroxylation sites is 1. The topological polar surface area (TPSA) is 54.9 Å². The number of thioether (sulfide) groups is 1. The molecule has 2 aromatic carbocycles. The number of carbonyl (C=O) groups excluding carboxylic acids is 1. The first-order valence-corrected chi connectivity index (χ1v) is 8.17. The van der Waals surface area contributed by atoms with E-state index in [0.29, 0.717) is 5.75 Å². The van der Waals surface area contributed by atoms with Crippen molar-refractivity contribution in [2.24, 2.45) is 0 Å². The molecule has 1 amide bonds. The van der Waals surface area contributed by atoms with Gasteiger partial charge in [0.15, 0.2) is 0 Å². The molecule has 0 radical (unpaired) electrons. The van der Waals surface area contributed by atoms with Crippen molar-refractivity contribution in [1.82, 2.24) is 10.2 Å². The number of nitrogens with zero attached hydrogens (tertiary/aromatic N) is 2. The molecule has 0 fully saturated rings. The smallest absolute Gasteiger partial charge is 0.234 e. The van der Waals surface area contributed by atoms with E-state index in [0.717, 1.165) is 22.0 Å². The van der Waals surface area contributed by atoms with Crippen LogP contribution in [0.15, 0.2) is 77.8 Å². The third-order valence-electron chi connectivity index (χ3n) is 3.12. The van der Waals surface area contributed by atoms with Crippen LogP contribution in [0.1, 0.15) is 0 Å². The largest absolute Gasteiger partial charge is 0.325 e. The van der Waals surface area contributed by atoms with Crippen LogP contribution in [-0.2, 0) is 4.79 Å². The third-order valence-corrected chi connectivity index (χ3v) is 4.04. The second-order valence-corrected chi connectivity index (χ2v) is 5.82. The van der Waals surface area contributed by atoms with Crippen LogP contribution in [0.25, 0.3) is 11.3 Å². The molecule has 0 atom stereocenters. The number of hydrogen-bond donors (Lipinski definition) is 1. The van der Waals surface area contributed by atoms with Gasteiger partial charge in [-0.05, 0) is 24.3 Å². The van der Waals surface area contributed by atoms with E-state index < -0.39 is 0 Å². The number of nitrogens with one attached hydrogen (secondary N) is 1. The van der Waals surface area contributed by atoms with E-state index >= 15 is 0 Å². The monoisotopic (exact) mass is 321 g/mol. The maximum Gasteiger partial charge on any atom is 0.234 e. The van der Waals surface area contributed by atoms with Gasteiger partial charge in [-0.1, -0.05) is 60.3 Å². The maximum absolute atomic E-state index is 11.9. The molecule has 0 aliphatic rings. The van der Waals surface area contributed by atoms with Gasteiger partial charge in [0.2, 0.25) is 5.91 Å². The third kappa shape index (κ3) is 4.40. The van der Waals surface area contributed by atoms with Crippen molar-refractivity contribution in [2.75, 3.05) is 11.1 Å². The zero-order valence-corrected chi connectivity index (χ0v) is 13.2. The number of rotatable bonds is 5. The molecular formula is C18H15N3OS. The number of benzene rings is 2. The lowest BCUT2D eigenvalue weighted by molar-refractivity contribution is -0.113. The molecule has 0 saturated heterocycles. The van der Waals surface area contributed by atoms with Crippen LogP contribution in [0.2, 0.25) is 0 Å². The minimum absolute atomic E-state index is 0.0601. The molecule has 1 heterocycles. The Balaban J connectivity index is 1.55. The van der Waals surface area contributed by atoms with Crippen molar-refractivity contribution in [3.63, 3.8) is 0 Å². The Morgan fingerprint density at radius 1 is 0.870 bits per heavy atom. The first kappa shape index (κ1) is 15.2. The summed E-state index contributed by atoms with van der Waals surface area (Å²) in [6, 6.07) is 23.1. The van der Waals surface area contributed by atoms with Gasteiger partial charge in [-0.3, -0.25) is 4.79 Å². The number of anilines is 1. The zero-order chi connectivity index (χ0) is 15.9. The van der Waals surface area contributed by atoms with Gasteiger partial charge in [0.25, 0.3) is 0 Å². The maximum atomic E-state index is 11.9. The standard InChI is InChI=1S/C18H15N3OS/c22-17(19-15-9-5-2-6-10-15)13-23-18-12-11-16(20-21-18)14-7-3-1-4-8-14/h1-12H,13H2,(H,19,22). The quantitative estimate of drug-likeness (QED) is 0.725. The lowest BCUT2D eigenvalue weighted by Gasteiger charge is -2.05. The van der Waals surface area contributed by atoms with Crippen molar-refractivity contribution >= 4 is 23.4 Å². The van der Waals surface area contributed by atoms with Crippen LogP contribution >= 0.6 is 11.8 Å². The molecule has 4 nitrogen and oxygen atoms in total. The fourth-order valence-corrected chi connectivity index (χ4v) is 2.63. The minimum Gasteiger partial charge on any atom is -0.325 e. The van der Waals surface area contributed by atoms with Crippen molar-refractivity contribution in [3.8, 4) is 11.3 Å². The van der Waals surface area contributed by atoms with Crippen LogP contribution in [-0.4, -0.2) is 21.9 Å². The normalized spacial score (nSPS) is 10.3. The van der Waals surface area contributed by atoms with E-state index in [1.807, 2.05) is 72.8 Å². The summed E-state index contributed by atoms with van der Waals surface area (Å²) in [5.41, 5.74) is 2.64. The molecule has 0 bridgehead atoms. The first-order chi connectivity index (χ1) is 11.3. The average molecular weight is 321 g/mol. The highest BCUT2D eigenvalue weighted by atomic mass is 32.2. The Bertz CT molecular complexity index is 761.